The second-order valence-corrected chi connectivity index (χ2v) is 5.04. The molecular formula is C14H11BrClFO. The number of benzene rings is 2. The lowest BCUT2D eigenvalue weighted by Crippen LogP contribution is -1.94. The molecule has 2 aromatic carbocycles. The van der Waals surface area contributed by atoms with Crippen molar-refractivity contribution in [2.24, 2.45) is 0 Å². The van der Waals surface area contributed by atoms with E-state index in [4.69, 9.17) is 16.3 Å². The smallest absolute Gasteiger partial charge is 0.134 e. The first kappa shape index (κ1) is 13.4. The van der Waals surface area contributed by atoms with Crippen LogP contribution in [0.3, 0.4) is 0 Å². The van der Waals surface area contributed by atoms with Crippen molar-refractivity contribution < 1.29 is 9.13 Å². The number of alkyl halides is 1. The van der Waals surface area contributed by atoms with Crippen LogP contribution in [0.5, 0.6) is 11.5 Å². The van der Waals surface area contributed by atoms with E-state index in [0.29, 0.717) is 17.1 Å². The average molecular weight is 330 g/mol. The Morgan fingerprint density at radius 1 is 1.22 bits per heavy atom. The summed E-state index contributed by atoms with van der Waals surface area (Å²) in [4.78, 5) is 0. The zero-order chi connectivity index (χ0) is 13.1. The van der Waals surface area contributed by atoms with Crippen LogP contribution >= 0.6 is 27.5 Å². The Hall–Kier alpha value is -1.06. The first-order valence-corrected chi connectivity index (χ1v) is 6.72. The van der Waals surface area contributed by atoms with Gasteiger partial charge in [-0.05, 0) is 42.8 Å². The number of ether oxygens (including phenoxy) is 1. The SMILES string of the molecule is Cc1cc(Br)ccc1Oc1cccc(F)c1CCl. The molecule has 4 heteroatoms. The summed E-state index contributed by atoms with van der Waals surface area (Å²) in [6, 6.07) is 10.3. The van der Waals surface area contributed by atoms with E-state index >= 15 is 0 Å². The molecule has 0 spiro atoms. The van der Waals surface area contributed by atoms with Crippen molar-refractivity contribution in [3.05, 3.63) is 57.8 Å². The second-order valence-electron chi connectivity index (χ2n) is 3.86. The van der Waals surface area contributed by atoms with Crippen LogP contribution in [0.2, 0.25) is 0 Å². The van der Waals surface area contributed by atoms with Gasteiger partial charge in [0.25, 0.3) is 0 Å². The fourth-order valence-corrected chi connectivity index (χ4v) is 2.34. The number of hydrogen-bond donors (Lipinski definition) is 0. The Kier molecular flexibility index (Phi) is 4.25. The summed E-state index contributed by atoms with van der Waals surface area (Å²) in [5.41, 5.74) is 1.34. The molecule has 1 nitrogen and oxygen atoms in total. The summed E-state index contributed by atoms with van der Waals surface area (Å²) in [5.74, 6) is 0.875. The topological polar surface area (TPSA) is 9.23 Å². The standard InChI is InChI=1S/C14H11BrClFO/c1-9-7-10(15)5-6-13(9)18-14-4-2-3-12(17)11(14)8-16/h2-7H,8H2,1H3. The van der Waals surface area contributed by atoms with Crippen LogP contribution in [0, 0.1) is 12.7 Å². The molecule has 0 heterocycles. The molecule has 0 atom stereocenters. The molecule has 0 aliphatic heterocycles. The summed E-state index contributed by atoms with van der Waals surface area (Å²) in [5, 5.41) is 0. The lowest BCUT2D eigenvalue weighted by molar-refractivity contribution is 0.467. The molecule has 0 bridgehead atoms. The number of rotatable bonds is 3. The molecule has 0 unspecified atom stereocenters. The predicted octanol–water partition coefficient (Wildman–Crippen LogP) is 5.43. The van der Waals surface area contributed by atoms with Crippen molar-refractivity contribution in [2.75, 3.05) is 0 Å². The Labute approximate surface area is 119 Å². The molecule has 0 saturated carbocycles. The van der Waals surface area contributed by atoms with Gasteiger partial charge in [0, 0.05) is 10.0 Å². The van der Waals surface area contributed by atoms with Crippen LogP contribution in [0.25, 0.3) is 0 Å². The lowest BCUT2D eigenvalue weighted by atomic mass is 10.2. The van der Waals surface area contributed by atoms with Gasteiger partial charge in [-0.2, -0.15) is 0 Å². The van der Waals surface area contributed by atoms with Crippen LogP contribution in [0.1, 0.15) is 11.1 Å². The van der Waals surface area contributed by atoms with Gasteiger partial charge in [-0.25, -0.2) is 4.39 Å². The summed E-state index contributed by atoms with van der Waals surface area (Å²) in [6.45, 7) is 1.93. The maximum Gasteiger partial charge on any atom is 0.134 e. The summed E-state index contributed by atoms with van der Waals surface area (Å²) in [7, 11) is 0. The molecule has 0 aromatic heterocycles. The molecule has 0 saturated heterocycles. The fourth-order valence-electron chi connectivity index (χ4n) is 1.61. The molecule has 0 aliphatic carbocycles. The quantitative estimate of drug-likeness (QED) is 0.682. The minimum Gasteiger partial charge on any atom is -0.457 e. The monoisotopic (exact) mass is 328 g/mol. The molecule has 2 rings (SSSR count). The van der Waals surface area contributed by atoms with Crippen LogP contribution in [0.4, 0.5) is 4.39 Å². The van der Waals surface area contributed by atoms with Crippen molar-refractivity contribution in [1.29, 1.82) is 0 Å². The van der Waals surface area contributed by atoms with Crippen molar-refractivity contribution in [1.82, 2.24) is 0 Å². The van der Waals surface area contributed by atoms with E-state index in [-0.39, 0.29) is 11.7 Å². The lowest BCUT2D eigenvalue weighted by Gasteiger charge is -2.12. The van der Waals surface area contributed by atoms with Gasteiger partial charge in [0.15, 0.2) is 0 Å². The number of hydrogen-bond acceptors (Lipinski definition) is 1. The Bertz CT molecular complexity index is 572. The van der Waals surface area contributed by atoms with Crippen molar-refractivity contribution in [2.45, 2.75) is 12.8 Å². The highest BCUT2D eigenvalue weighted by Gasteiger charge is 2.10. The normalized spacial score (nSPS) is 10.4. The van der Waals surface area contributed by atoms with E-state index in [1.54, 1.807) is 12.1 Å². The Morgan fingerprint density at radius 2 is 2.00 bits per heavy atom. The number of aryl methyl sites for hydroxylation is 1. The summed E-state index contributed by atoms with van der Waals surface area (Å²) < 4.78 is 20.2. The molecule has 0 amide bonds. The largest absolute Gasteiger partial charge is 0.457 e. The molecule has 18 heavy (non-hydrogen) atoms. The highest BCUT2D eigenvalue weighted by Crippen LogP contribution is 2.31. The van der Waals surface area contributed by atoms with Gasteiger partial charge in [-0.3, -0.25) is 0 Å². The van der Waals surface area contributed by atoms with E-state index in [1.807, 2.05) is 25.1 Å². The fraction of sp³-hybridized carbons (Fsp3) is 0.143. The Morgan fingerprint density at radius 3 is 2.67 bits per heavy atom. The van der Waals surface area contributed by atoms with Crippen molar-refractivity contribution in [3.63, 3.8) is 0 Å². The molecule has 0 fully saturated rings. The van der Waals surface area contributed by atoms with Crippen LogP contribution < -0.4 is 4.74 Å². The molecular weight excluding hydrogens is 319 g/mol. The summed E-state index contributed by atoms with van der Waals surface area (Å²) >= 11 is 9.13. The van der Waals surface area contributed by atoms with Gasteiger partial charge >= 0.3 is 0 Å². The zero-order valence-corrected chi connectivity index (χ0v) is 12.1. The maximum atomic E-state index is 13.5. The van der Waals surface area contributed by atoms with Crippen molar-refractivity contribution >= 4 is 27.5 Å². The average Bonchev–Trinajstić information content (AvgIpc) is 2.33. The van der Waals surface area contributed by atoms with Gasteiger partial charge in [0.05, 0.1) is 5.88 Å². The third-order valence-electron chi connectivity index (χ3n) is 2.57. The third-order valence-corrected chi connectivity index (χ3v) is 3.33. The molecule has 94 valence electrons. The molecule has 0 radical (unpaired) electrons. The maximum absolute atomic E-state index is 13.5. The van der Waals surface area contributed by atoms with E-state index in [1.165, 1.54) is 6.07 Å². The van der Waals surface area contributed by atoms with E-state index < -0.39 is 0 Å². The number of halogens is 3. The minimum atomic E-state index is -0.350. The van der Waals surface area contributed by atoms with Crippen molar-refractivity contribution in [3.8, 4) is 11.5 Å². The summed E-state index contributed by atoms with van der Waals surface area (Å²) in [6.07, 6.45) is 0. The molecule has 0 N–H and O–H groups in total. The van der Waals surface area contributed by atoms with Gasteiger partial charge < -0.3 is 4.74 Å². The Balaban J connectivity index is 2.37. The van der Waals surface area contributed by atoms with Crippen LogP contribution in [-0.4, -0.2) is 0 Å². The zero-order valence-electron chi connectivity index (χ0n) is 9.71. The first-order valence-electron chi connectivity index (χ1n) is 5.39. The van der Waals surface area contributed by atoms with E-state index in [2.05, 4.69) is 15.9 Å². The predicted molar refractivity (Wildman–Crippen MR) is 74.9 cm³/mol. The van der Waals surface area contributed by atoms with Gasteiger partial charge in [-0.1, -0.05) is 22.0 Å². The highest BCUT2D eigenvalue weighted by atomic mass is 79.9. The van der Waals surface area contributed by atoms with E-state index in [9.17, 15) is 4.39 Å². The minimum absolute atomic E-state index is 0.0809. The third kappa shape index (κ3) is 2.85. The van der Waals surface area contributed by atoms with Crippen LogP contribution in [-0.2, 0) is 5.88 Å². The first-order chi connectivity index (χ1) is 8.61. The van der Waals surface area contributed by atoms with Gasteiger partial charge in [-0.15, -0.1) is 11.6 Å². The van der Waals surface area contributed by atoms with E-state index in [0.717, 1.165) is 10.0 Å². The molecule has 2 aromatic rings. The highest BCUT2D eigenvalue weighted by molar-refractivity contribution is 9.10. The van der Waals surface area contributed by atoms with Gasteiger partial charge in [0.2, 0.25) is 0 Å². The second kappa shape index (κ2) is 5.72. The van der Waals surface area contributed by atoms with Gasteiger partial charge in [0.1, 0.15) is 17.3 Å². The molecule has 0 aliphatic rings. The van der Waals surface area contributed by atoms with Crippen LogP contribution in [0.15, 0.2) is 40.9 Å².